The van der Waals surface area contributed by atoms with Crippen LogP contribution in [0.2, 0.25) is 0 Å². The summed E-state index contributed by atoms with van der Waals surface area (Å²) in [7, 11) is 25.9. The van der Waals surface area contributed by atoms with E-state index in [1.807, 2.05) is 0 Å². The van der Waals surface area contributed by atoms with Crippen molar-refractivity contribution in [3.63, 3.8) is 0 Å². The van der Waals surface area contributed by atoms with Crippen LogP contribution in [0.25, 0.3) is 11.1 Å². The van der Waals surface area contributed by atoms with E-state index < -0.39 is 45.4 Å². The number of halogens is 2. The lowest BCUT2D eigenvalue weighted by molar-refractivity contribution is -0.157. The summed E-state index contributed by atoms with van der Waals surface area (Å²) in [6.45, 7) is 0.716. The molecule has 0 unspecified atom stereocenters. The van der Waals surface area contributed by atoms with E-state index in [-0.39, 0.29) is 62.9 Å². The molecule has 1 saturated carbocycles. The molecule has 2 aromatic carbocycles. The number of sulfonamides is 1. The summed E-state index contributed by atoms with van der Waals surface area (Å²) in [5.74, 6) is -0.982. The average Bonchev–Trinajstić information content (AvgIpc) is 3.57. The average molecular weight is 526 g/mol. The van der Waals surface area contributed by atoms with E-state index in [2.05, 4.69) is 4.72 Å². The number of rotatable bonds is 7. The maximum atomic E-state index is 16.1. The van der Waals surface area contributed by atoms with Crippen molar-refractivity contribution in [1.29, 1.82) is 0 Å². The van der Waals surface area contributed by atoms with E-state index >= 15 is 4.39 Å². The van der Waals surface area contributed by atoms with Crippen LogP contribution in [0.5, 0.6) is 0 Å². The van der Waals surface area contributed by atoms with E-state index in [0.29, 0.717) is 25.9 Å². The maximum absolute atomic E-state index is 16.1. The third-order valence-corrected chi connectivity index (χ3v) is 8.91. The van der Waals surface area contributed by atoms with Crippen LogP contribution in [-0.4, -0.2) is 95.8 Å². The van der Waals surface area contributed by atoms with E-state index in [9.17, 15) is 17.6 Å². The van der Waals surface area contributed by atoms with Crippen LogP contribution < -0.4 is 32.0 Å². The third kappa shape index (κ3) is 4.56. The minimum absolute atomic E-state index is 0.00337. The highest BCUT2D eigenvalue weighted by molar-refractivity contribution is 7.89. The first-order valence-electron chi connectivity index (χ1n) is 12.2. The minimum Gasteiger partial charge on any atom is -0.368 e. The van der Waals surface area contributed by atoms with Crippen molar-refractivity contribution in [2.75, 3.05) is 19.2 Å². The molecule has 1 aliphatic carbocycles. The number of nitrogens with zero attached hydrogens (tertiary/aromatic N) is 1. The summed E-state index contributed by atoms with van der Waals surface area (Å²) in [6.07, 6.45) is 1.15. The number of carbonyl (C=O) groups is 1. The molecule has 1 N–H and O–H groups in total. The highest BCUT2D eigenvalue weighted by Gasteiger charge is 2.62. The van der Waals surface area contributed by atoms with Crippen molar-refractivity contribution in [3.8, 4) is 11.1 Å². The SMILES string of the molecule is [B]c1c([B])c([B])c(-c2cccc(C[C@H]3[C@@H](NS(=O)(=O)CF)C4(CC4)CN3C(=O)[C@H]3CCO3)c2F)c([B])c1[B]. The molecule has 38 heavy (non-hydrogen) atoms. The fourth-order valence-electron chi connectivity index (χ4n) is 5.58. The molecule has 2 heterocycles. The molecule has 5 rings (SSSR count). The molecule has 2 saturated heterocycles. The summed E-state index contributed by atoms with van der Waals surface area (Å²) < 4.78 is 61.8. The monoisotopic (exact) mass is 526 g/mol. The molecule has 6 nitrogen and oxygen atoms in total. The first-order valence-corrected chi connectivity index (χ1v) is 13.8. The molecule has 3 atom stereocenters. The van der Waals surface area contributed by atoms with Gasteiger partial charge in [-0.25, -0.2) is 21.9 Å². The van der Waals surface area contributed by atoms with Crippen LogP contribution in [0.15, 0.2) is 18.2 Å². The number of hydrogen-bond donors (Lipinski definition) is 1. The number of alkyl halides is 1. The Hall–Kier alpha value is -2.04. The van der Waals surface area contributed by atoms with Crippen LogP contribution in [-0.2, 0) is 26.0 Å². The van der Waals surface area contributed by atoms with Gasteiger partial charge >= 0.3 is 0 Å². The highest BCUT2D eigenvalue weighted by atomic mass is 32.2. The molecule has 3 fully saturated rings. The van der Waals surface area contributed by atoms with Gasteiger partial charge in [0.2, 0.25) is 16.0 Å². The number of hydrogen-bond acceptors (Lipinski definition) is 4. The van der Waals surface area contributed by atoms with Crippen molar-refractivity contribution in [2.24, 2.45) is 5.41 Å². The Balaban J connectivity index is 1.56. The first-order chi connectivity index (χ1) is 17.9. The van der Waals surface area contributed by atoms with Gasteiger partial charge in [0.1, 0.15) is 51.2 Å². The van der Waals surface area contributed by atoms with Gasteiger partial charge in [-0.1, -0.05) is 29.1 Å². The minimum atomic E-state index is -4.26. The zero-order valence-corrected chi connectivity index (χ0v) is 21.4. The zero-order valence-electron chi connectivity index (χ0n) is 20.5. The third-order valence-electron chi connectivity index (χ3n) is 8.01. The maximum Gasteiger partial charge on any atom is 0.252 e. The van der Waals surface area contributed by atoms with Gasteiger partial charge in [-0.05, 0) is 30.4 Å². The molecule has 0 aromatic heterocycles. The summed E-state index contributed by atoms with van der Waals surface area (Å²) in [5, 5.41) is 0. The lowest BCUT2D eigenvalue weighted by atomic mass is 9.59. The Kier molecular flexibility index (Phi) is 7.14. The Bertz CT molecular complexity index is 1390. The molecule has 3 aliphatic rings. The molecule has 186 valence electrons. The second kappa shape index (κ2) is 9.86. The molecule has 10 radical (unpaired) electrons. The predicted molar refractivity (Wildman–Crippen MR) is 146 cm³/mol. The smallest absolute Gasteiger partial charge is 0.252 e. The highest BCUT2D eigenvalue weighted by Crippen LogP contribution is 2.56. The molecule has 2 aromatic rings. The Labute approximate surface area is 227 Å². The molecule has 14 heteroatoms. The summed E-state index contributed by atoms with van der Waals surface area (Å²) in [6, 6.07) is 1.38. The quantitative estimate of drug-likeness (QED) is 0.391. The van der Waals surface area contributed by atoms with E-state index in [0.717, 1.165) is 0 Å². The summed E-state index contributed by atoms with van der Waals surface area (Å²) in [5.41, 5.74) is -0.380. The van der Waals surface area contributed by atoms with E-state index in [1.54, 1.807) is 11.0 Å². The van der Waals surface area contributed by atoms with Crippen LogP contribution in [0, 0.1) is 11.2 Å². The van der Waals surface area contributed by atoms with Gasteiger partial charge in [-0.15, -0.1) is 16.4 Å². The van der Waals surface area contributed by atoms with Crippen molar-refractivity contribution in [3.05, 3.63) is 29.6 Å². The van der Waals surface area contributed by atoms with Crippen molar-refractivity contribution < 1.29 is 26.7 Å². The van der Waals surface area contributed by atoms with Crippen molar-refractivity contribution in [2.45, 2.75) is 43.9 Å². The molecular formula is C24H21B5F2N2O4S. The molecule has 1 spiro atoms. The van der Waals surface area contributed by atoms with Gasteiger partial charge in [0, 0.05) is 30.0 Å². The van der Waals surface area contributed by atoms with Gasteiger partial charge in [0.05, 0.1) is 12.6 Å². The van der Waals surface area contributed by atoms with E-state index in [4.69, 9.17) is 44.0 Å². The lowest BCUT2D eigenvalue weighted by Crippen LogP contribution is -2.55. The van der Waals surface area contributed by atoms with Gasteiger partial charge in [0.15, 0.2) is 0 Å². The summed E-state index contributed by atoms with van der Waals surface area (Å²) in [4.78, 5) is 14.8. The Morgan fingerprint density at radius 3 is 2.21 bits per heavy atom. The number of nitrogens with one attached hydrogen (secondary N) is 1. The normalized spacial score (nSPS) is 23.9. The van der Waals surface area contributed by atoms with Gasteiger partial charge in [0.25, 0.3) is 5.91 Å². The second-order valence-corrected chi connectivity index (χ2v) is 12.0. The Morgan fingerprint density at radius 2 is 1.68 bits per heavy atom. The standard InChI is InChI=1S/C24H21B5F2N2O4S/c25-16-15(17(26)19(28)20(29)18(16)27)12-3-1-2-11(21(12)31)8-13-22(32-38(35,36)10-30)24(5-6-24)9-33(13)23(34)14-4-7-37-14/h1-3,13-14,22,32H,4-10H2/t13-,14+,22+/m0/s1. The topological polar surface area (TPSA) is 75.7 Å². The van der Waals surface area contributed by atoms with Crippen LogP contribution in [0.4, 0.5) is 8.78 Å². The molecule has 2 aliphatic heterocycles. The fourth-order valence-corrected chi connectivity index (χ4v) is 6.44. The largest absolute Gasteiger partial charge is 0.368 e. The number of carbonyl (C=O) groups excluding carboxylic acids is 1. The lowest BCUT2D eigenvalue weighted by Gasteiger charge is -2.34. The van der Waals surface area contributed by atoms with Crippen molar-refractivity contribution >= 4 is 82.5 Å². The second-order valence-electron chi connectivity index (χ2n) is 10.3. The van der Waals surface area contributed by atoms with Gasteiger partial charge < -0.3 is 9.64 Å². The summed E-state index contributed by atoms with van der Waals surface area (Å²) >= 11 is 0. The van der Waals surface area contributed by atoms with Gasteiger partial charge in [-0.3, -0.25) is 4.79 Å². The fraction of sp³-hybridized carbons (Fsp3) is 0.458. The van der Waals surface area contributed by atoms with Crippen LogP contribution >= 0.6 is 0 Å². The van der Waals surface area contributed by atoms with Crippen molar-refractivity contribution in [1.82, 2.24) is 9.62 Å². The number of benzene rings is 2. The number of likely N-dealkylation sites (tertiary alicyclic amines) is 1. The van der Waals surface area contributed by atoms with Gasteiger partial charge in [-0.2, -0.15) is 0 Å². The van der Waals surface area contributed by atoms with Crippen LogP contribution in [0.3, 0.4) is 0 Å². The number of amides is 1. The molecule has 1 amide bonds. The zero-order chi connectivity index (χ0) is 27.6. The Morgan fingerprint density at radius 1 is 1.08 bits per heavy atom. The number of ether oxygens (including phenoxy) is 1. The molecular weight excluding hydrogens is 504 g/mol. The molecule has 0 bridgehead atoms. The van der Waals surface area contributed by atoms with E-state index in [1.165, 1.54) is 12.1 Å². The van der Waals surface area contributed by atoms with Crippen LogP contribution in [0.1, 0.15) is 24.8 Å². The predicted octanol–water partition coefficient (Wildman–Crippen LogP) is -3.00. The first kappa shape index (κ1) is 27.5.